The van der Waals surface area contributed by atoms with Crippen molar-refractivity contribution in [2.75, 3.05) is 6.61 Å². The summed E-state index contributed by atoms with van der Waals surface area (Å²) in [6.45, 7) is 8.20. The van der Waals surface area contributed by atoms with Crippen LogP contribution in [-0.2, 0) is 20.0 Å². The van der Waals surface area contributed by atoms with Gasteiger partial charge in [-0.2, -0.15) is 0 Å². The Kier molecular flexibility index (Phi) is 6.58. The van der Waals surface area contributed by atoms with E-state index in [0.29, 0.717) is 35.5 Å². The van der Waals surface area contributed by atoms with Crippen LogP contribution in [0, 0.1) is 5.92 Å². The van der Waals surface area contributed by atoms with Gasteiger partial charge in [0.05, 0.1) is 17.7 Å². The molecule has 0 saturated carbocycles. The van der Waals surface area contributed by atoms with Crippen LogP contribution in [0.1, 0.15) is 46.1 Å². The average Bonchev–Trinajstić information content (AvgIpc) is 2.57. The lowest BCUT2D eigenvalue weighted by Crippen LogP contribution is -2.40. The van der Waals surface area contributed by atoms with E-state index in [1.54, 1.807) is 13.2 Å². The molecule has 0 aliphatic rings. The quantitative estimate of drug-likeness (QED) is 0.773. The third-order valence-electron chi connectivity index (χ3n) is 4.30. The Labute approximate surface area is 153 Å². The van der Waals surface area contributed by atoms with E-state index in [1.165, 1.54) is 9.13 Å². The summed E-state index contributed by atoms with van der Waals surface area (Å²) in [5.74, 6) is 1.06. The lowest BCUT2D eigenvalue weighted by molar-refractivity contribution is 0.239. The van der Waals surface area contributed by atoms with Crippen LogP contribution in [0.5, 0.6) is 5.75 Å². The zero-order chi connectivity index (χ0) is 19.4. The number of aromatic nitrogens is 3. The van der Waals surface area contributed by atoms with E-state index in [-0.39, 0.29) is 24.8 Å². The molecule has 2 aromatic heterocycles. The Morgan fingerprint density at radius 2 is 1.92 bits per heavy atom. The van der Waals surface area contributed by atoms with Gasteiger partial charge in [0, 0.05) is 25.8 Å². The van der Waals surface area contributed by atoms with Gasteiger partial charge in [0.25, 0.3) is 5.56 Å². The van der Waals surface area contributed by atoms with Crippen molar-refractivity contribution in [3.05, 3.63) is 32.6 Å². The first-order chi connectivity index (χ1) is 12.3. The third kappa shape index (κ3) is 4.15. The topological polar surface area (TPSA) is 86.3 Å². The second-order valence-corrected chi connectivity index (χ2v) is 7.27. The average molecular weight is 363 g/mol. The number of aryl methyl sites for hydroxylation is 2. The summed E-state index contributed by atoms with van der Waals surface area (Å²) in [6.07, 6.45) is 3.47. The first kappa shape index (κ1) is 20.2. The molecule has 7 nitrogen and oxygen atoms in total. The number of nitrogens with zero attached hydrogens (tertiary/aromatic N) is 3. The van der Waals surface area contributed by atoms with Gasteiger partial charge in [0.15, 0.2) is 0 Å². The number of ether oxygens (including phenoxy) is 1. The van der Waals surface area contributed by atoms with Crippen LogP contribution in [0.4, 0.5) is 0 Å². The Hall–Kier alpha value is -2.15. The zero-order valence-corrected chi connectivity index (χ0v) is 16.3. The summed E-state index contributed by atoms with van der Waals surface area (Å²) in [7, 11) is 1.61. The summed E-state index contributed by atoms with van der Waals surface area (Å²) in [4.78, 5) is 29.9. The van der Waals surface area contributed by atoms with Crippen molar-refractivity contribution < 1.29 is 9.84 Å². The summed E-state index contributed by atoms with van der Waals surface area (Å²) in [5, 5.41) is 9.51. The molecule has 0 aromatic carbocycles. The lowest BCUT2D eigenvalue weighted by Gasteiger charge is -2.18. The fourth-order valence-electron chi connectivity index (χ4n) is 2.96. The highest BCUT2D eigenvalue weighted by atomic mass is 16.5. The SMILES string of the molecule is CC(C)CCc1c(OC(C)C)cnc2c1c(=O)n(CCCO)c(=O)n2C. The first-order valence-corrected chi connectivity index (χ1v) is 9.16. The molecule has 0 radical (unpaired) electrons. The maximum atomic E-state index is 13.1. The predicted molar refractivity (Wildman–Crippen MR) is 102 cm³/mol. The minimum Gasteiger partial charge on any atom is -0.489 e. The van der Waals surface area contributed by atoms with E-state index in [2.05, 4.69) is 18.8 Å². The number of fused-ring (bicyclic) bond motifs is 1. The molecule has 0 fully saturated rings. The molecule has 0 unspecified atom stereocenters. The van der Waals surface area contributed by atoms with Gasteiger partial charge in [0.1, 0.15) is 11.4 Å². The Morgan fingerprint density at radius 1 is 1.23 bits per heavy atom. The Balaban J connectivity index is 2.79. The highest BCUT2D eigenvalue weighted by molar-refractivity contribution is 5.80. The van der Waals surface area contributed by atoms with Crippen molar-refractivity contribution in [1.29, 1.82) is 0 Å². The number of hydrogen-bond acceptors (Lipinski definition) is 5. The van der Waals surface area contributed by atoms with Crippen LogP contribution in [-0.4, -0.2) is 31.9 Å². The van der Waals surface area contributed by atoms with E-state index in [1.807, 2.05) is 13.8 Å². The highest BCUT2D eigenvalue weighted by Crippen LogP contribution is 2.27. The number of hydrogen-bond donors (Lipinski definition) is 1. The minimum atomic E-state index is -0.421. The van der Waals surface area contributed by atoms with Gasteiger partial charge in [-0.25, -0.2) is 9.78 Å². The van der Waals surface area contributed by atoms with Crippen LogP contribution in [0.25, 0.3) is 11.0 Å². The van der Waals surface area contributed by atoms with E-state index in [9.17, 15) is 9.59 Å². The molecule has 0 amide bonds. The molecular weight excluding hydrogens is 334 g/mol. The van der Waals surface area contributed by atoms with Crippen LogP contribution in [0.3, 0.4) is 0 Å². The monoisotopic (exact) mass is 363 g/mol. The van der Waals surface area contributed by atoms with Gasteiger partial charge >= 0.3 is 5.69 Å². The lowest BCUT2D eigenvalue weighted by atomic mass is 10.0. The van der Waals surface area contributed by atoms with Crippen LogP contribution in [0.2, 0.25) is 0 Å². The van der Waals surface area contributed by atoms with Gasteiger partial charge in [-0.3, -0.25) is 13.9 Å². The minimum absolute atomic E-state index is 0.0452. The van der Waals surface area contributed by atoms with Crippen molar-refractivity contribution in [3.8, 4) is 5.75 Å². The van der Waals surface area contributed by atoms with Gasteiger partial charge in [-0.15, -0.1) is 0 Å². The second-order valence-electron chi connectivity index (χ2n) is 7.27. The normalized spacial score (nSPS) is 11.7. The van der Waals surface area contributed by atoms with Crippen molar-refractivity contribution in [2.45, 2.75) is 59.6 Å². The van der Waals surface area contributed by atoms with Crippen molar-refractivity contribution in [1.82, 2.24) is 14.1 Å². The molecule has 0 bridgehead atoms. The number of aliphatic hydroxyl groups is 1. The maximum absolute atomic E-state index is 13.1. The molecular formula is C19H29N3O4. The van der Waals surface area contributed by atoms with Gasteiger partial charge in [0.2, 0.25) is 0 Å². The third-order valence-corrected chi connectivity index (χ3v) is 4.30. The molecule has 2 aromatic rings. The summed E-state index contributed by atoms with van der Waals surface area (Å²) < 4.78 is 8.47. The standard InChI is InChI=1S/C19H29N3O4/c1-12(2)7-8-14-15(26-13(3)4)11-20-17-16(14)18(24)22(9-6-10-23)19(25)21(17)5/h11-13,23H,6-10H2,1-5H3. The summed E-state index contributed by atoms with van der Waals surface area (Å²) in [5.41, 5.74) is 0.388. The summed E-state index contributed by atoms with van der Waals surface area (Å²) >= 11 is 0. The Bertz CT molecular complexity index is 881. The van der Waals surface area contributed by atoms with E-state index in [4.69, 9.17) is 9.84 Å². The van der Waals surface area contributed by atoms with Crippen molar-refractivity contribution in [3.63, 3.8) is 0 Å². The molecule has 0 aliphatic heterocycles. The van der Waals surface area contributed by atoms with Crippen LogP contribution >= 0.6 is 0 Å². The zero-order valence-electron chi connectivity index (χ0n) is 16.3. The first-order valence-electron chi connectivity index (χ1n) is 9.16. The number of aliphatic hydroxyl groups excluding tert-OH is 1. The highest BCUT2D eigenvalue weighted by Gasteiger charge is 2.19. The molecule has 7 heteroatoms. The fourth-order valence-corrected chi connectivity index (χ4v) is 2.96. The molecule has 1 N–H and O–H groups in total. The smallest absolute Gasteiger partial charge is 0.332 e. The van der Waals surface area contributed by atoms with Crippen molar-refractivity contribution in [2.24, 2.45) is 13.0 Å². The number of pyridine rings is 1. The van der Waals surface area contributed by atoms with Gasteiger partial charge in [-0.05, 0) is 39.0 Å². The fraction of sp³-hybridized carbons (Fsp3) is 0.632. The maximum Gasteiger partial charge on any atom is 0.332 e. The van der Waals surface area contributed by atoms with E-state index in [0.717, 1.165) is 12.0 Å². The molecule has 26 heavy (non-hydrogen) atoms. The second kappa shape index (κ2) is 8.49. The molecule has 0 saturated heterocycles. The Morgan fingerprint density at radius 3 is 2.50 bits per heavy atom. The number of rotatable bonds is 8. The molecule has 0 aliphatic carbocycles. The van der Waals surface area contributed by atoms with E-state index >= 15 is 0 Å². The van der Waals surface area contributed by atoms with E-state index < -0.39 is 5.69 Å². The molecule has 2 heterocycles. The van der Waals surface area contributed by atoms with Crippen molar-refractivity contribution >= 4 is 11.0 Å². The molecule has 0 atom stereocenters. The predicted octanol–water partition coefficient (Wildman–Crippen LogP) is 1.85. The molecule has 144 valence electrons. The van der Waals surface area contributed by atoms with Gasteiger partial charge in [-0.1, -0.05) is 13.8 Å². The summed E-state index contributed by atoms with van der Waals surface area (Å²) in [6, 6.07) is 0. The van der Waals surface area contributed by atoms with Crippen LogP contribution < -0.4 is 16.0 Å². The molecule has 0 spiro atoms. The molecule has 2 rings (SSSR count). The van der Waals surface area contributed by atoms with Crippen LogP contribution in [0.15, 0.2) is 15.8 Å². The largest absolute Gasteiger partial charge is 0.489 e. The van der Waals surface area contributed by atoms with Gasteiger partial charge < -0.3 is 9.84 Å².